The van der Waals surface area contributed by atoms with Crippen molar-refractivity contribution in [3.05, 3.63) is 34.4 Å². The van der Waals surface area contributed by atoms with E-state index >= 15 is 0 Å². The van der Waals surface area contributed by atoms with Crippen molar-refractivity contribution in [3.63, 3.8) is 0 Å². The summed E-state index contributed by atoms with van der Waals surface area (Å²) in [5.41, 5.74) is 10.9. The number of nitrogen functional groups attached to an aromatic ring is 1. The molecule has 0 saturated carbocycles. The van der Waals surface area contributed by atoms with E-state index in [0.29, 0.717) is 17.2 Å². The molecule has 0 aliphatic heterocycles. The molecule has 1 aromatic carbocycles. The molecule has 2 aromatic rings. The van der Waals surface area contributed by atoms with Crippen molar-refractivity contribution in [2.24, 2.45) is 0 Å². The summed E-state index contributed by atoms with van der Waals surface area (Å²) in [7, 11) is 0. The molecule has 0 aliphatic rings. The summed E-state index contributed by atoms with van der Waals surface area (Å²) in [6.07, 6.45) is 0.959. The van der Waals surface area contributed by atoms with Gasteiger partial charge in [0.1, 0.15) is 17.5 Å². The number of hydrogen-bond acceptors (Lipinski definition) is 4. The van der Waals surface area contributed by atoms with Crippen LogP contribution in [0.25, 0.3) is 5.69 Å². The first-order chi connectivity index (χ1) is 9.99. The van der Waals surface area contributed by atoms with Crippen LogP contribution >= 0.6 is 0 Å². The summed E-state index contributed by atoms with van der Waals surface area (Å²) in [6.45, 7) is 8.94. The van der Waals surface area contributed by atoms with Crippen LogP contribution in [0, 0.1) is 32.1 Å². The van der Waals surface area contributed by atoms with Gasteiger partial charge in [-0.2, -0.15) is 5.26 Å². The lowest BCUT2D eigenvalue weighted by atomic mass is 10.1. The molecule has 110 valence electrons. The molecular weight excluding hydrogens is 262 g/mol. The topological polar surface area (TPSA) is 79.7 Å². The summed E-state index contributed by atoms with van der Waals surface area (Å²) < 4.78 is 1.67. The van der Waals surface area contributed by atoms with Crippen molar-refractivity contribution < 1.29 is 0 Å². The quantitative estimate of drug-likeness (QED) is 0.903. The van der Waals surface area contributed by atoms with Gasteiger partial charge in [-0.1, -0.05) is 24.6 Å². The molecule has 5 heteroatoms. The van der Waals surface area contributed by atoms with Gasteiger partial charge in [0, 0.05) is 6.54 Å². The van der Waals surface area contributed by atoms with E-state index in [2.05, 4.69) is 42.5 Å². The Hall–Kier alpha value is -2.48. The lowest BCUT2D eigenvalue weighted by molar-refractivity contribution is 0.866. The van der Waals surface area contributed by atoms with Crippen LogP contribution in [0.5, 0.6) is 0 Å². The highest BCUT2D eigenvalue weighted by molar-refractivity contribution is 5.67. The fraction of sp³-hybridized carbons (Fsp3) is 0.375. The third kappa shape index (κ3) is 2.70. The van der Waals surface area contributed by atoms with Crippen LogP contribution in [0.15, 0.2) is 12.1 Å². The van der Waals surface area contributed by atoms with Gasteiger partial charge in [0.05, 0.1) is 5.69 Å². The molecule has 0 amide bonds. The Bertz CT molecular complexity index is 683. The monoisotopic (exact) mass is 283 g/mol. The van der Waals surface area contributed by atoms with Crippen LogP contribution in [0.3, 0.4) is 0 Å². The van der Waals surface area contributed by atoms with Gasteiger partial charge in [0.2, 0.25) is 0 Å². The first-order valence-corrected chi connectivity index (χ1v) is 7.10. The van der Waals surface area contributed by atoms with E-state index < -0.39 is 0 Å². The Kier molecular flexibility index (Phi) is 4.18. The number of nitrogens with two attached hydrogens (primary N) is 1. The molecule has 0 atom stereocenters. The molecule has 0 fully saturated rings. The normalized spacial score (nSPS) is 10.4. The Morgan fingerprint density at radius 1 is 1.29 bits per heavy atom. The van der Waals surface area contributed by atoms with Crippen molar-refractivity contribution in [2.75, 3.05) is 17.6 Å². The number of aromatic nitrogens is 2. The van der Waals surface area contributed by atoms with E-state index in [4.69, 9.17) is 5.73 Å². The molecule has 0 saturated heterocycles. The number of rotatable bonds is 4. The molecule has 0 spiro atoms. The summed E-state index contributed by atoms with van der Waals surface area (Å²) in [4.78, 5) is 0. The first kappa shape index (κ1) is 14.9. The Morgan fingerprint density at radius 2 is 1.90 bits per heavy atom. The maximum Gasteiger partial charge on any atom is 0.168 e. The minimum atomic E-state index is 0.381. The van der Waals surface area contributed by atoms with E-state index in [-0.39, 0.29) is 0 Å². The van der Waals surface area contributed by atoms with Crippen molar-refractivity contribution in [1.82, 2.24) is 9.78 Å². The fourth-order valence-corrected chi connectivity index (χ4v) is 2.59. The highest BCUT2D eigenvalue weighted by Crippen LogP contribution is 2.28. The van der Waals surface area contributed by atoms with Gasteiger partial charge in [0.25, 0.3) is 0 Å². The highest BCUT2D eigenvalue weighted by atomic mass is 15.3. The Labute approximate surface area is 125 Å². The van der Waals surface area contributed by atoms with Crippen molar-refractivity contribution >= 4 is 11.6 Å². The third-order valence-electron chi connectivity index (χ3n) is 3.42. The molecule has 3 N–H and O–H groups in total. The molecule has 1 heterocycles. The Balaban J connectivity index is 2.61. The van der Waals surface area contributed by atoms with E-state index in [9.17, 15) is 5.26 Å². The van der Waals surface area contributed by atoms with E-state index in [1.807, 2.05) is 13.8 Å². The van der Waals surface area contributed by atoms with Crippen molar-refractivity contribution in [3.8, 4) is 11.8 Å². The fourth-order valence-electron chi connectivity index (χ4n) is 2.59. The maximum absolute atomic E-state index is 9.32. The van der Waals surface area contributed by atoms with Gasteiger partial charge in [0.15, 0.2) is 5.82 Å². The van der Waals surface area contributed by atoms with Crippen LogP contribution in [0.1, 0.15) is 35.6 Å². The molecular formula is C16H21N5. The molecule has 21 heavy (non-hydrogen) atoms. The van der Waals surface area contributed by atoms with Gasteiger partial charge in [-0.05, 0) is 38.3 Å². The molecule has 0 aliphatic carbocycles. The molecule has 2 rings (SSSR count). The molecule has 0 unspecified atom stereocenters. The summed E-state index contributed by atoms with van der Waals surface area (Å²) in [6, 6.07) is 6.33. The number of hydrogen-bond donors (Lipinski definition) is 2. The summed E-state index contributed by atoms with van der Waals surface area (Å²) in [5, 5.41) is 17.0. The van der Waals surface area contributed by atoms with Crippen LogP contribution in [0.2, 0.25) is 0 Å². The summed E-state index contributed by atoms with van der Waals surface area (Å²) >= 11 is 0. The minimum Gasteiger partial charge on any atom is -0.382 e. The SMILES string of the molecule is CCCNc1nn(-c2c(C)cc(C)cc2C)c(N)c1C#N. The lowest BCUT2D eigenvalue weighted by Gasteiger charge is -2.12. The zero-order valence-corrected chi connectivity index (χ0v) is 13.0. The lowest BCUT2D eigenvalue weighted by Crippen LogP contribution is -2.07. The Morgan fingerprint density at radius 3 is 2.43 bits per heavy atom. The average molecular weight is 283 g/mol. The number of nitriles is 1. The van der Waals surface area contributed by atoms with Crippen molar-refractivity contribution in [2.45, 2.75) is 34.1 Å². The number of anilines is 2. The maximum atomic E-state index is 9.32. The number of nitrogens with zero attached hydrogens (tertiary/aromatic N) is 3. The van der Waals surface area contributed by atoms with Gasteiger partial charge in [-0.25, -0.2) is 4.68 Å². The largest absolute Gasteiger partial charge is 0.382 e. The minimum absolute atomic E-state index is 0.381. The van der Waals surface area contributed by atoms with Crippen LogP contribution in [-0.4, -0.2) is 16.3 Å². The number of aryl methyl sites for hydroxylation is 3. The third-order valence-corrected chi connectivity index (χ3v) is 3.42. The zero-order chi connectivity index (χ0) is 15.6. The highest BCUT2D eigenvalue weighted by Gasteiger charge is 2.18. The van der Waals surface area contributed by atoms with Gasteiger partial charge in [-0.15, -0.1) is 5.10 Å². The molecule has 0 bridgehead atoms. The second-order valence-electron chi connectivity index (χ2n) is 5.31. The first-order valence-electron chi connectivity index (χ1n) is 7.10. The smallest absolute Gasteiger partial charge is 0.168 e. The second kappa shape index (κ2) is 5.88. The van der Waals surface area contributed by atoms with Crippen LogP contribution < -0.4 is 11.1 Å². The second-order valence-corrected chi connectivity index (χ2v) is 5.31. The standard InChI is InChI=1S/C16H21N5/c1-5-6-19-16-13(9-17)15(18)21(20-16)14-11(3)7-10(2)8-12(14)4/h7-8H,5-6,18H2,1-4H3,(H,19,20). The zero-order valence-electron chi connectivity index (χ0n) is 13.0. The van der Waals surface area contributed by atoms with Gasteiger partial charge >= 0.3 is 0 Å². The van der Waals surface area contributed by atoms with Crippen LogP contribution in [-0.2, 0) is 0 Å². The summed E-state index contributed by atoms with van der Waals surface area (Å²) in [5.74, 6) is 0.933. The molecule has 1 aromatic heterocycles. The van der Waals surface area contributed by atoms with Crippen LogP contribution in [0.4, 0.5) is 11.6 Å². The van der Waals surface area contributed by atoms with E-state index in [0.717, 1.165) is 29.8 Å². The average Bonchev–Trinajstić information content (AvgIpc) is 2.72. The van der Waals surface area contributed by atoms with Gasteiger partial charge < -0.3 is 11.1 Å². The van der Waals surface area contributed by atoms with E-state index in [1.165, 1.54) is 5.56 Å². The molecule has 5 nitrogen and oxygen atoms in total. The number of benzene rings is 1. The van der Waals surface area contributed by atoms with Crippen molar-refractivity contribution in [1.29, 1.82) is 5.26 Å². The number of nitrogens with one attached hydrogen (secondary N) is 1. The van der Waals surface area contributed by atoms with E-state index in [1.54, 1.807) is 4.68 Å². The predicted octanol–water partition coefficient (Wildman–Crippen LogP) is 3.07. The molecule has 0 radical (unpaired) electrons. The van der Waals surface area contributed by atoms with Gasteiger partial charge in [-0.3, -0.25) is 0 Å². The predicted molar refractivity (Wildman–Crippen MR) is 85.7 cm³/mol.